The van der Waals surface area contributed by atoms with Crippen LogP contribution < -0.4 is 4.57 Å². The second-order valence-electron chi connectivity index (χ2n) is 11.2. The number of nitrogens with one attached hydrogen (secondary N) is 2. The van der Waals surface area contributed by atoms with Crippen molar-refractivity contribution in [1.29, 1.82) is 0 Å². The molecule has 2 aliphatic rings. The predicted octanol–water partition coefficient (Wildman–Crippen LogP) is 5.70. The summed E-state index contributed by atoms with van der Waals surface area (Å²) < 4.78 is 1.87. The summed E-state index contributed by atoms with van der Waals surface area (Å²) in [7, 11) is 1.86. The number of hydrogen-bond donors (Lipinski definition) is 4. The largest absolute Gasteiger partial charge is 0.478 e. The quantitative estimate of drug-likeness (QED) is 0.178. The molecule has 9 rings (SSSR count). The molecule has 224 valence electrons. The number of rotatable bonds is 2. The Labute approximate surface area is 263 Å². The van der Waals surface area contributed by atoms with Crippen molar-refractivity contribution in [3.8, 4) is 45.6 Å². The van der Waals surface area contributed by atoms with Gasteiger partial charge < -0.3 is 20.2 Å². The van der Waals surface area contributed by atoms with Gasteiger partial charge in [-0.05, 0) is 30.3 Å². The molecule has 47 heavy (non-hydrogen) atoms. The lowest BCUT2D eigenvalue weighted by Gasteiger charge is -2.01. The molecule has 0 saturated heterocycles. The summed E-state index contributed by atoms with van der Waals surface area (Å²) in [5.74, 6) is -0.747. The number of aromatic amines is 2. The third-order valence-electron chi connectivity index (χ3n) is 8.58. The Balaban J connectivity index is 1.53. The van der Waals surface area contributed by atoms with Gasteiger partial charge in [-0.3, -0.25) is 0 Å². The van der Waals surface area contributed by atoms with E-state index in [0.29, 0.717) is 51.0 Å². The monoisotopic (exact) mass is 617 g/mol. The molecule has 0 radical (unpaired) electrons. The maximum Gasteiger partial charge on any atom is 0.336 e. The van der Waals surface area contributed by atoms with Crippen molar-refractivity contribution in [1.82, 2.24) is 34.9 Å². The summed E-state index contributed by atoms with van der Waals surface area (Å²) in [4.78, 5) is 55.9. The van der Waals surface area contributed by atoms with Gasteiger partial charge in [0.25, 0.3) is 11.6 Å². The molecule has 2 aliphatic heterocycles. The van der Waals surface area contributed by atoms with Crippen molar-refractivity contribution in [2.45, 2.75) is 0 Å². The standard InChI is InChI=1S/C35H20N8O4/c1-43-32-20-12-6-7-13-21(20)33(43)42-31-23-15-25(35(46)47)24(34(44)45)14-22(23)30(40-31)39-28-17-9-3-2-8-16(17)26(37-28)36-27-18-10-4-5-11-19(18)29(38-27)41-32/h2-15H,1H3,(H3,36,37,38,39,40,41,42,44,45,46,47)/p+1. The Kier molecular flexibility index (Phi) is 5.42. The Bertz CT molecular complexity index is 2730. The van der Waals surface area contributed by atoms with Crippen molar-refractivity contribution >= 4 is 56.1 Å². The third-order valence-corrected chi connectivity index (χ3v) is 8.58. The summed E-state index contributed by atoms with van der Waals surface area (Å²) in [6.45, 7) is 0. The first-order valence-electron chi connectivity index (χ1n) is 14.6. The van der Waals surface area contributed by atoms with Crippen molar-refractivity contribution in [3.05, 3.63) is 96.1 Å². The number of carboxylic acids is 2. The average molecular weight is 618 g/mol. The van der Waals surface area contributed by atoms with E-state index in [4.69, 9.17) is 24.9 Å². The van der Waals surface area contributed by atoms with Crippen molar-refractivity contribution < 1.29 is 24.4 Å². The van der Waals surface area contributed by atoms with E-state index in [2.05, 4.69) is 9.97 Å². The first-order chi connectivity index (χ1) is 22.9. The van der Waals surface area contributed by atoms with Crippen LogP contribution in [-0.4, -0.2) is 57.0 Å². The minimum Gasteiger partial charge on any atom is -0.478 e. The summed E-state index contributed by atoms with van der Waals surface area (Å²) in [6.07, 6.45) is 0. The van der Waals surface area contributed by atoms with Crippen LogP contribution in [0.15, 0.2) is 84.9 Å². The van der Waals surface area contributed by atoms with E-state index in [-0.39, 0.29) is 16.8 Å². The number of aromatic carboxylic acids is 2. The SMILES string of the molecule is C[n+]1c2nc3[nH]c(nc4nc(nc5[nH]c(nc1-c1ccccc1-2)c1cc(C(=O)O)c(C(=O)O)cc51)-c1ccccc1-4)c1ccccc31. The van der Waals surface area contributed by atoms with Crippen LogP contribution in [0.2, 0.25) is 0 Å². The Hall–Kier alpha value is -6.82. The van der Waals surface area contributed by atoms with Gasteiger partial charge in [0.05, 0.1) is 29.3 Å². The lowest BCUT2D eigenvalue weighted by molar-refractivity contribution is -0.650. The first-order valence-corrected chi connectivity index (χ1v) is 14.6. The van der Waals surface area contributed by atoms with Crippen LogP contribution >= 0.6 is 0 Å². The van der Waals surface area contributed by atoms with E-state index in [1.165, 1.54) is 12.1 Å². The summed E-state index contributed by atoms with van der Waals surface area (Å²) >= 11 is 0. The fraction of sp³-hybridized carbons (Fsp3) is 0.0286. The van der Waals surface area contributed by atoms with Crippen molar-refractivity contribution in [3.63, 3.8) is 0 Å². The molecule has 5 heterocycles. The summed E-state index contributed by atoms with van der Waals surface area (Å²) in [6, 6.07) is 25.8. The van der Waals surface area contributed by atoms with Crippen LogP contribution in [0.4, 0.5) is 0 Å². The van der Waals surface area contributed by atoms with Crippen molar-refractivity contribution in [2.24, 2.45) is 7.05 Å². The Morgan fingerprint density at radius 3 is 1.38 bits per heavy atom. The average Bonchev–Trinajstić information content (AvgIpc) is 3.78. The molecular formula is C35H21N8O4+. The molecule has 3 aromatic heterocycles. The van der Waals surface area contributed by atoms with Gasteiger partial charge >= 0.3 is 11.9 Å². The molecular weight excluding hydrogens is 596 g/mol. The number of benzene rings is 4. The van der Waals surface area contributed by atoms with E-state index in [0.717, 1.165) is 33.0 Å². The number of H-pyrrole nitrogens is 2. The van der Waals surface area contributed by atoms with Crippen LogP contribution in [-0.2, 0) is 7.05 Å². The lowest BCUT2D eigenvalue weighted by Crippen LogP contribution is -2.30. The Morgan fingerprint density at radius 2 is 0.915 bits per heavy atom. The van der Waals surface area contributed by atoms with Gasteiger partial charge in [0, 0.05) is 32.7 Å². The Morgan fingerprint density at radius 1 is 0.532 bits per heavy atom. The molecule has 0 unspecified atom stereocenters. The van der Waals surface area contributed by atoms with E-state index >= 15 is 0 Å². The molecule has 0 saturated carbocycles. The molecule has 12 nitrogen and oxygen atoms in total. The second kappa shape index (κ2) is 9.59. The maximum absolute atomic E-state index is 12.2. The fourth-order valence-corrected chi connectivity index (χ4v) is 6.38. The number of nitrogens with zero attached hydrogens (tertiary/aromatic N) is 6. The number of fused-ring (bicyclic) bond motifs is 20. The number of hydrogen-bond acceptors (Lipinski definition) is 7. The number of carbonyl (C=O) groups is 2. The van der Waals surface area contributed by atoms with Gasteiger partial charge in [0.2, 0.25) is 11.3 Å². The zero-order valence-electron chi connectivity index (χ0n) is 24.5. The third kappa shape index (κ3) is 3.88. The predicted molar refractivity (Wildman–Crippen MR) is 173 cm³/mol. The highest BCUT2D eigenvalue weighted by atomic mass is 16.4. The normalized spacial score (nSPS) is 11.9. The molecule has 0 fully saturated rings. The first kappa shape index (κ1) is 26.6. The van der Waals surface area contributed by atoms with E-state index < -0.39 is 11.9 Å². The van der Waals surface area contributed by atoms with Crippen LogP contribution in [0, 0.1) is 0 Å². The highest BCUT2D eigenvalue weighted by molar-refractivity contribution is 6.13. The topological polar surface area (TPSA) is 175 Å². The zero-order chi connectivity index (χ0) is 32.0. The molecule has 4 aromatic carbocycles. The highest BCUT2D eigenvalue weighted by Gasteiger charge is 2.30. The van der Waals surface area contributed by atoms with Crippen LogP contribution in [0.1, 0.15) is 20.7 Å². The molecule has 0 spiro atoms. The number of carboxylic acid groups (broad SMARTS) is 2. The van der Waals surface area contributed by atoms with Crippen molar-refractivity contribution in [2.75, 3.05) is 0 Å². The smallest absolute Gasteiger partial charge is 0.336 e. The van der Waals surface area contributed by atoms with Gasteiger partial charge in [-0.2, -0.15) is 0 Å². The zero-order valence-corrected chi connectivity index (χ0v) is 24.5. The highest BCUT2D eigenvalue weighted by Crippen LogP contribution is 2.36. The summed E-state index contributed by atoms with van der Waals surface area (Å²) in [5, 5.41) is 22.4. The van der Waals surface area contributed by atoms with Gasteiger partial charge in [0.1, 0.15) is 11.3 Å². The van der Waals surface area contributed by atoms with Gasteiger partial charge in [-0.1, -0.05) is 64.6 Å². The number of aromatic nitrogens is 8. The van der Waals surface area contributed by atoms with Gasteiger partial charge in [-0.15, -0.1) is 0 Å². The molecule has 12 heteroatoms. The molecule has 0 atom stereocenters. The second-order valence-corrected chi connectivity index (χ2v) is 11.2. The van der Waals surface area contributed by atoms with Gasteiger partial charge in [0.15, 0.2) is 11.6 Å². The molecule has 4 N–H and O–H groups in total. The van der Waals surface area contributed by atoms with E-state index in [1.807, 2.05) is 84.4 Å². The lowest BCUT2D eigenvalue weighted by atomic mass is 10.0. The van der Waals surface area contributed by atoms with Crippen LogP contribution in [0.5, 0.6) is 0 Å². The van der Waals surface area contributed by atoms with E-state index in [1.54, 1.807) is 0 Å². The van der Waals surface area contributed by atoms with Gasteiger partial charge in [-0.25, -0.2) is 29.1 Å². The fourth-order valence-electron chi connectivity index (χ4n) is 6.38. The molecule has 0 amide bonds. The molecule has 7 aromatic rings. The van der Waals surface area contributed by atoms with Crippen LogP contribution in [0.25, 0.3) is 89.7 Å². The molecule has 8 bridgehead atoms. The molecule has 0 aliphatic carbocycles. The minimum atomic E-state index is -1.37. The minimum absolute atomic E-state index is 0.274. The summed E-state index contributed by atoms with van der Waals surface area (Å²) in [5.41, 5.74) is 4.21. The maximum atomic E-state index is 12.2. The van der Waals surface area contributed by atoms with Crippen LogP contribution in [0.3, 0.4) is 0 Å². The van der Waals surface area contributed by atoms with E-state index in [9.17, 15) is 19.8 Å².